The zero-order valence-corrected chi connectivity index (χ0v) is 19.8. The third kappa shape index (κ3) is 4.52. The molecule has 33 heavy (non-hydrogen) atoms. The van der Waals surface area contributed by atoms with Gasteiger partial charge < -0.3 is 19.0 Å². The van der Waals surface area contributed by atoms with Crippen molar-refractivity contribution in [2.75, 3.05) is 19.4 Å². The van der Waals surface area contributed by atoms with E-state index in [2.05, 4.69) is 10.3 Å². The number of furan rings is 1. The van der Waals surface area contributed by atoms with E-state index in [4.69, 9.17) is 9.15 Å². The quantitative estimate of drug-likeness (QED) is 0.529. The van der Waals surface area contributed by atoms with Crippen molar-refractivity contribution in [2.45, 2.75) is 31.8 Å². The van der Waals surface area contributed by atoms with Crippen molar-refractivity contribution in [2.24, 2.45) is 7.05 Å². The summed E-state index contributed by atoms with van der Waals surface area (Å²) in [6, 6.07) is 4.33. The number of aromatic nitrogens is 2. The second kappa shape index (κ2) is 8.79. The average molecular weight is 477 g/mol. The highest BCUT2D eigenvalue weighted by molar-refractivity contribution is 7.89. The van der Waals surface area contributed by atoms with Crippen LogP contribution in [0.2, 0.25) is 0 Å². The molecule has 1 aromatic carbocycles. The van der Waals surface area contributed by atoms with Gasteiger partial charge in [-0.15, -0.1) is 0 Å². The Balaban J connectivity index is 1.84. The van der Waals surface area contributed by atoms with Gasteiger partial charge in [0.1, 0.15) is 23.0 Å². The number of benzene rings is 1. The molecular weight excluding hydrogens is 452 g/mol. The summed E-state index contributed by atoms with van der Waals surface area (Å²) in [6.07, 6.45) is 0.0158. The van der Waals surface area contributed by atoms with E-state index in [0.29, 0.717) is 5.56 Å². The number of hydrogen-bond donors (Lipinski definition) is 1. The van der Waals surface area contributed by atoms with Crippen molar-refractivity contribution in [3.8, 4) is 0 Å². The van der Waals surface area contributed by atoms with Crippen LogP contribution in [0, 0.1) is 13.8 Å². The lowest BCUT2D eigenvalue weighted by Crippen LogP contribution is -2.31. The Kier molecular flexibility index (Phi) is 6.43. The number of nitrogens with zero attached hydrogens (tertiary/aromatic N) is 3. The maximum absolute atomic E-state index is 12.8. The van der Waals surface area contributed by atoms with Gasteiger partial charge in [-0.1, -0.05) is 6.07 Å². The zero-order chi connectivity index (χ0) is 24.7. The number of ether oxygens (including phenoxy) is 1. The molecule has 11 nitrogen and oxygen atoms in total. The zero-order valence-electron chi connectivity index (χ0n) is 19.0. The van der Waals surface area contributed by atoms with Gasteiger partial charge in [0.2, 0.25) is 15.7 Å². The van der Waals surface area contributed by atoms with Crippen LogP contribution in [0.3, 0.4) is 0 Å². The van der Waals surface area contributed by atoms with Crippen LogP contribution in [0.25, 0.3) is 11.1 Å². The molecule has 2 aromatic heterocycles. The van der Waals surface area contributed by atoms with Gasteiger partial charge in [0.15, 0.2) is 6.10 Å². The minimum atomic E-state index is -3.71. The lowest BCUT2D eigenvalue weighted by Gasteiger charge is -2.17. The summed E-state index contributed by atoms with van der Waals surface area (Å²) >= 11 is 0. The fourth-order valence-corrected chi connectivity index (χ4v) is 3.98. The Morgan fingerprint density at radius 2 is 1.91 bits per heavy atom. The van der Waals surface area contributed by atoms with Gasteiger partial charge in [-0.25, -0.2) is 22.5 Å². The molecule has 2 heterocycles. The van der Waals surface area contributed by atoms with Crippen molar-refractivity contribution in [3.05, 3.63) is 51.8 Å². The van der Waals surface area contributed by atoms with Gasteiger partial charge in [0.25, 0.3) is 11.5 Å². The molecule has 0 unspecified atom stereocenters. The molecule has 3 aromatic rings. The number of amides is 1. The third-order valence-electron chi connectivity index (χ3n) is 5.05. The largest absolute Gasteiger partial charge is 0.449 e. The number of rotatable bonds is 6. The molecule has 176 valence electrons. The molecule has 0 spiro atoms. The number of hydrogen-bond acceptors (Lipinski definition) is 8. The highest BCUT2D eigenvalue weighted by Crippen LogP contribution is 2.24. The number of nitrogens with one attached hydrogen (secondary N) is 1. The molecule has 0 bridgehead atoms. The number of sulfonamides is 1. The number of carbonyl (C=O) groups is 2. The van der Waals surface area contributed by atoms with Crippen LogP contribution >= 0.6 is 0 Å². The third-order valence-corrected chi connectivity index (χ3v) is 6.86. The lowest BCUT2D eigenvalue weighted by atomic mass is 10.2. The molecule has 1 atom stereocenters. The molecule has 0 radical (unpaired) electrons. The van der Waals surface area contributed by atoms with Gasteiger partial charge >= 0.3 is 5.97 Å². The second-order valence-corrected chi connectivity index (χ2v) is 9.83. The molecule has 1 N–H and O–H groups in total. The summed E-state index contributed by atoms with van der Waals surface area (Å²) in [5.41, 5.74) is 0.276. The van der Waals surface area contributed by atoms with Crippen molar-refractivity contribution >= 4 is 38.7 Å². The minimum Gasteiger partial charge on any atom is -0.449 e. The SMILES string of the molecule is Cc1ccc(S(=O)(=O)N(C)C)cc1NC(=O)[C@@H](C)OC(=O)c1c(C)oc2ncn(C)c(=O)c12. The van der Waals surface area contributed by atoms with Crippen LogP contribution < -0.4 is 10.9 Å². The van der Waals surface area contributed by atoms with Crippen molar-refractivity contribution in [3.63, 3.8) is 0 Å². The second-order valence-electron chi connectivity index (χ2n) is 7.67. The van der Waals surface area contributed by atoms with E-state index in [1.807, 2.05) is 0 Å². The standard InChI is InChI=1S/C21H24N4O7S/c1-11-7-8-14(33(29,30)24(4)5)9-15(11)23-18(26)13(3)32-21(28)16-12(2)31-19-17(16)20(27)25(6)10-22-19/h7-10,13H,1-6H3,(H,23,26)/t13-/m1/s1. The Labute approximate surface area is 190 Å². The van der Waals surface area contributed by atoms with Gasteiger partial charge in [-0.05, 0) is 38.5 Å². The number of carbonyl (C=O) groups excluding carboxylic acids is 2. The van der Waals surface area contributed by atoms with Crippen LogP contribution in [0.5, 0.6) is 0 Å². The summed E-state index contributed by atoms with van der Waals surface area (Å²) in [7, 11) is 0.580. The van der Waals surface area contributed by atoms with E-state index in [9.17, 15) is 22.8 Å². The first-order valence-electron chi connectivity index (χ1n) is 9.84. The number of esters is 1. The normalized spacial score (nSPS) is 12.7. The molecule has 12 heteroatoms. The van der Waals surface area contributed by atoms with Gasteiger partial charge in [-0.3, -0.25) is 9.59 Å². The molecule has 3 rings (SSSR count). The van der Waals surface area contributed by atoms with E-state index in [1.165, 1.54) is 58.0 Å². The summed E-state index contributed by atoms with van der Waals surface area (Å²) in [5, 5.41) is 2.55. The molecule has 0 saturated carbocycles. The Hall–Kier alpha value is -3.51. The topological polar surface area (TPSA) is 141 Å². The summed E-state index contributed by atoms with van der Waals surface area (Å²) < 4.78 is 37.7. The van der Waals surface area contributed by atoms with Crippen molar-refractivity contribution < 1.29 is 27.2 Å². The van der Waals surface area contributed by atoms with Crippen LogP contribution in [0.1, 0.15) is 28.6 Å². The number of anilines is 1. The predicted molar refractivity (Wildman–Crippen MR) is 120 cm³/mol. The van der Waals surface area contributed by atoms with Crippen LogP contribution in [-0.2, 0) is 26.6 Å². The predicted octanol–water partition coefficient (Wildman–Crippen LogP) is 1.58. The van der Waals surface area contributed by atoms with Crippen molar-refractivity contribution in [1.29, 1.82) is 0 Å². The van der Waals surface area contributed by atoms with Gasteiger partial charge in [0.05, 0.1) is 4.90 Å². The van der Waals surface area contributed by atoms with Crippen LogP contribution in [0.15, 0.2) is 38.6 Å². The molecule has 1 amide bonds. The van der Waals surface area contributed by atoms with E-state index < -0.39 is 33.6 Å². The van der Waals surface area contributed by atoms with E-state index >= 15 is 0 Å². The first-order chi connectivity index (χ1) is 15.3. The Bertz CT molecular complexity index is 1420. The average Bonchev–Trinajstić information content (AvgIpc) is 3.08. The fraction of sp³-hybridized carbons (Fsp3) is 0.333. The van der Waals surface area contributed by atoms with Gasteiger partial charge in [0, 0.05) is 26.8 Å². The number of aryl methyl sites for hydroxylation is 3. The lowest BCUT2D eigenvalue weighted by molar-refractivity contribution is -0.123. The molecule has 0 aliphatic rings. The maximum atomic E-state index is 12.8. The van der Waals surface area contributed by atoms with Gasteiger partial charge in [-0.2, -0.15) is 0 Å². The molecule has 0 aliphatic carbocycles. The van der Waals surface area contributed by atoms with E-state index in [-0.39, 0.29) is 33.0 Å². The van der Waals surface area contributed by atoms with Crippen LogP contribution in [0.4, 0.5) is 5.69 Å². The van der Waals surface area contributed by atoms with Crippen molar-refractivity contribution in [1.82, 2.24) is 13.9 Å². The summed E-state index contributed by atoms with van der Waals surface area (Å²) in [5.74, 6) is -1.46. The Morgan fingerprint density at radius 1 is 1.24 bits per heavy atom. The minimum absolute atomic E-state index is 0.00174. The smallest absolute Gasteiger partial charge is 0.343 e. The molecule has 0 fully saturated rings. The van der Waals surface area contributed by atoms with Crippen LogP contribution in [-0.4, -0.2) is 54.3 Å². The van der Waals surface area contributed by atoms with E-state index in [0.717, 1.165) is 4.31 Å². The molecular formula is C21H24N4O7S. The maximum Gasteiger partial charge on any atom is 0.343 e. The fourth-order valence-electron chi connectivity index (χ4n) is 3.05. The monoisotopic (exact) mass is 476 g/mol. The summed E-state index contributed by atoms with van der Waals surface area (Å²) in [6.45, 7) is 4.54. The first kappa shape index (κ1) is 24.1. The number of fused-ring (bicyclic) bond motifs is 1. The highest BCUT2D eigenvalue weighted by Gasteiger charge is 2.27. The molecule has 0 aliphatic heterocycles. The van der Waals surface area contributed by atoms with E-state index in [1.54, 1.807) is 13.0 Å². The molecule has 0 saturated heterocycles. The first-order valence-corrected chi connectivity index (χ1v) is 11.3. The Morgan fingerprint density at radius 3 is 2.55 bits per heavy atom. The summed E-state index contributed by atoms with van der Waals surface area (Å²) in [4.78, 5) is 41.9. The highest BCUT2D eigenvalue weighted by atomic mass is 32.2.